The van der Waals surface area contributed by atoms with Crippen molar-refractivity contribution in [2.24, 2.45) is 0 Å². The average molecular weight is 297 g/mol. The second-order valence-electron chi connectivity index (χ2n) is 4.74. The Morgan fingerprint density at radius 1 is 1.00 bits per heavy atom. The Hall–Kier alpha value is -0.380. The van der Waals surface area contributed by atoms with Gasteiger partial charge in [-0.3, -0.25) is 4.90 Å². The van der Waals surface area contributed by atoms with Gasteiger partial charge in [0, 0.05) is 37.2 Å². The Morgan fingerprint density at radius 2 is 1.59 bits per heavy atom. The molecule has 1 aromatic rings. The maximum Gasteiger partial charge on any atom is 0.0234 e. The highest BCUT2D eigenvalue weighted by atomic mass is 79.9. The second-order valence-corrected chi connectivity index (χ2v) is 5.66. The molecule has 0 aliphatic carbocycles. The standard InChI is InChI=1S/C14H21BrN2/c1-2-7-16-8-10-17(11-9-16)12-13-3-5-14(15)6-4-13/h3-6H,2,7-12H2,1H3. The Labute approximate surface area is 113 Å². The van der Waals surface area contributed by atoms with Gasteiger partial charge in [-0.15, -0.1) is 0 Å². The van der Waals surface area contributed by atoms with Crippen LogP contribution in [0.5, 0.6) is 0 Å². The van der Waals surface area contributed by atoms with Crippen molar-refractivity contribution in [3.05, 3.63) is 34.3 Å². The molecule has 0 amide bonds. The zero-order valence-electron chi connectivity index (χ0n) is 10.5. The van der Waals surface area contributed by atoms with E-state index < -0.39 is 0 Å². The molecule has 94 valence electrons. The van der Waals surface area contributed by atoms with Gasteiger partial charge in [0.1, 0.15) is 0 Å². The number of halogens is 1. The number of hydrogen-bond acceptors (Lipinski definition) is 2. The van der Waals surface area contributed by atoms with Crippen molar-refractivity contribution in [1.82, 2.24) is 9.80 Å². The first kappa shape index (κ1) is 13.1. The lowest BCUT2D eigenvalue weighted by Gasteiger charge is -2.34. The molecule has 0 bridgehead atoms. The molecule has 0 atom stereocenters. The molecule has 2 nitrogen and oxygen atoms in total. The lowest BCUT2D eigenvalue weighted by molar-refractivity contribution is 0.127. The molecular weight excluding hydrogens is 276 g/mol. The minimum atomic E-state index is 1.09. The normalized spacial score (nSPS) is 18.5. The fourth-order valence-corrected chi connectivity index (χ4v) is 2.60. The van der Waals surface area contributed by atoms with Crippen molar-refractivity contribution in [3.8, 4) is 0 Å². The van der Waals surface area contributed by atoms with Crippen molar-refractivity contribution in [2.75, 3.05) is 32.7 Å². The molecule has 1 heterocycles. The summed E-state index contributed by atoms with van der Waals surface area (Å²) in [7, 11) is 0. The molecule has 3 heteroatoms. The second kappa shape index (κ2) is 6.53. The largest absolute Gasteiger partial charge is 0.301 e. The van der Waals surface area contributed by atoms with Crippen LogP contribution in [-0.2, 0) is 6.54 Å². The van der Waals surface area contributed by atoms with Crippen molar-refractivity contribution < 1.29 is 0 Å². The number of rotatable bonds is 4. The molecule has 0 spiro atoms. The van der Waals surface area contributed by atoms with E-state index >= 15 is 0 Å². The van der Waals surface area contributed by atoms with Crippen LogP contribution >= 0.6 is 15.9 Å². The Morgan fingerprint density at radius 3 is 2.18 bits per heavy atom. The van der Waals surface area contributed by atoms with E-state index in [0.717, 1.165) is 11.0 Å². The zero-order valence-corrected chi connectivity index (χ0v) is 12.1. The fourth-order valence-electron chi connectivity index (χ4n) is 2.34. The zero-order chi connectivity index (χ0) is 12.1. The van der Waals surface area contributed by atoms with Crippen molar-refractivity contribution in [2.45, 2.75) is 19.9 Å². The summed E-state index contributed by atoms with van der Waals surface area (Å²) in [5, 5.41) is 0. The van der Waals surface area contributed by atoms with Crippen molar-refractivity contribution >= 4 is 15.9 Å². The number of hydrogen-bond donors (Lipinski definition) is 0. The summed E-state index contributed by atoms with van der Waals surface area (Å²) in [5.74, 6) is 0. The van der Waals surface area contributed by atoms with E-state index in [1.165, 1.54) is 44.7 Å². The Balaban J connectivity index is 1.79. The van der Waals surface area contributed by atoms with Crippen LogP contribution < -0.4 is 0 Å². The SMILES string of the molecule is CCCN1CCN(Cc2ccc(Br)cc2)CC1. The minimum absolute atomic E-state index is 1.09. The third-order valence-electron chi connectivity index (χ3n) is 3.32. The van der Waals surface area contributed by atoms with E-state index in [-0.39, 0.29) is 0 Å². The molecule has 17 heavy (non-hydrogen) atoms. The summed E-state index contributed by atoms with van der Waals surface area (Å²) in [6, 6.07) is 8.68. The van der Waals surface area contributed by atoms with Crippen LogP contribution in [0.4, 0.5) is 0 Å². The first-order valence-electron chi connectivity index (χ1n) is 6.47. The van der Waals surface area contributed by atoms with Gasteiger partial charge in [0.25, 0.3) is 0 Å². The third kappa shape index (κ3) is 4.09. The van der Waals surface area contributed by atoms with Gasteiger partial charge in [-0.1, -0.05) is 35.0 Å². The topological polar surface area (TPSA) is 6.48 Å². The van der Waals surface area contributed by atoms with Gasteiger partial charge in [-0.05, 0) is 30.7 Å². The van der Waals surface area contributed by atoms with Crippen molar-refractivity contribution in [1.29, 1.82) is 0 Å². The summed E-state index contributed by atoms with van der Waals surface area (Å²) in [4.78, 5) is 5.12. The van der Waals surface area contributed by atoms with Crippen LogP contribution in [-0.4, -0.2) is 42.5 Å². The molecule has 0 N–H and O–H groups in total. The van der Waals surface area contributed by atoms with Crippen LogP contribution in [0, 0.1) is 0 Å². The van der Waals surface area contributed by atoms with E-state index in [1.54, 1.807) is 0 Å². The van der Waals surface area contributed by atoms with E-state index in [2.05, 4.69) is 56.9 Å². The summed E-state index contributed by atoms with van der Waals surface area (Å²) < 4.78 is 1.16. The summed E-state index contributed by atoms with van der Waals surface area (Å²) in [6.45, 7) is 9.47. The first-order chi connectivity index (χ1) is 8.28. The lowest BCUT2D eigenvalue weighted by Crippen LogP contribution is -2.45. The van der Waals surface area contributed by atoms with Crippen LogP contribution in [0.1, 0.15) is 18.9 Å². The summed E-state index contributed by atoms with van der Waals surface area (Å²) >= 11 is 3.48. The number of piperazine rings is 1. The predicted molar refractivity (Wildman–Crippen MR) is 76.2 cm³/mol. The van der Waals surface area contributed by atoms with Gasteiger partial charge in [-0.2, -0.15) is 0 Å². The lowest BCUT2D eigenvalue weighted by atomic mass is 10.2. The molecule has 1 fully saturated rings. The molecular formula is C14H21BrN2. The Kier molecular flexibility index (Phi) is 5.01. The van der Waals surface area contributed by atoms with Crippen LogP contribution in [0.3, 0.4) is 0 Å². The van der Waals surface area contributed by atoms with Gasteiger partial charge in [0.15, 0.2) is 0 Å². The molecule has 0 radical (unpaired) electrons. The quantitative estimate of drug-likeness (QED) is 0.843. The van der Waals surface area contributed by atoms with Crippen LogP contribution in [0.15, 0.2) is 28.7 Å². The van der Waals surface area contributed by atoms with E-state index in [4.69, 9.17) is 0 Å². The number of nitrogens with zero attached hydrogens (tertiary/aromatic N) is 2. The molecule has 1 saturated heterocycles. The highest BCUT2D eigenvalue weighted by molar-refractivity contribution is 9.10. The fraction of sp³-hybridized carbons (Fsp3) is 0.571. The van der Waals surface area contributed by atoms with Crippen LogP contribution in [0.25, 0.3) is 0 Å². The maximum absolute atomic E-state index is 3.48. The molecule has 0 unspecified atom stereocenters. The molecule has 0 saturated carbocycles. The first-order valence-corrected chi connectivity index (χ1v) is 7.26. The van der Waals surface area contributed by atoms with Gasteiger partial charge in [0.2, 0.25) is 0 Å². The molecule has 1 aliphatic rings. The highest BCUT2D eigenvalue weighted by Gasteiger charge is 2.15. The van der Waals surface area contributed by atoms with Gasteiger partial charge in [0.05, 0.1) is 0 Å². The molecule has 1 aromatic carbocycles. The van der Waals surface area contributed by atoms with Crippen LogP contribution in [0.2, 0.25) is 0 Å². The van der Waals surface area contributed by atoms with E-state index in [1.807, 2.05) is 0 Å². The predicted octanol–water partition coefficient (Wildman–Crippen LogP) is 2.98. The van der Waals surface area contributed by atoms with Gasteiger partial charge < -0.3 is 4.90 Å². The van der Waals surface area contributed by atoms with E-state index in [9.17, 15) is 0 Å². The third-order valence-corrected chi connectivity index (χ3v) is 3.85. The summed E-state index contributed by atoms with van der Waals surface area (Å²) in [6.07, 6.45) is 1.27. The highest BCUT2D eigenvalue weighted by Crippen LogP contribution is 2.13. The smallest absolute Gasteiger partial charge is 0.0234 e. The molecule has 0 aromatic heterocycles. The van der Waals surface area contributed by atoms with Gasteiger partial charge >= 0.3 is 0 Å². The average Bonchev–Trinajstić information content (AvgIpc) is 2.35. The summed E-state index contributed by atoms with van der Waals surface area (Å²) in [5.41, 5.74) is 1.41. The number of benzene rings is 1. The van der Waals surface area contributed by atoms with Gasteiger partial charge in [-0.25, -0.2) is 0 Å². The van der Waals surface area contributed by atoms with E-state index in [0.29, 0.717) is 0 Å². The Bertz CT molecular complexity index is 329. The molecule has 1 aliphatic heterocycles. The molecule has 2 rings (SSSR count). The van der Waals surface area contributed by atoms with Crippen molar-refractivity contribution in [3.63, 3.8) is 0 Å². The monoisotopic (exact) mass is 296 g/mol. The minimum Gasteiger partial charge on any atom is -0.301 e. The maximum atomic E-state index is 3.48.